The molecule has 2 fully saturated rings. The van der Waals surface area contributed by atoms with Crippen molar-refractivity contribution in [1.82, 2.24) is 14.5 Å². The molecule has 0 aromatic rings. The Bertz CT molecular complexity index is 352. The highest BCUT2D eigenvalue weighted by Gasteiger charge is 2.37. The maximum Gasteiger partial charge on any atom is 0.218 e. The van der Waals surface area contributed by atoms with E-state index in [0.717, 1.165) is 26.1 Å². The number of nitrogens with zero attached hydrogens (tertiary/aromatic N) is 2. The van der Waals surface area contributed by atoms with Crippen LogP contribution < -0.4 is 5.32 Å². The zero-order chi connectivity index (χ0) is 12.5. The summed E-state index contributed by atoms with van der Waals surface area (Å²) >= 11 is 0. The van der Waals surface area contributed by atoms with Gasteiger partial charge in [0.25, 0.3) is 0 Å². The molecule has 0 aromatic heterocycles. The quantitative estimate of drug-likeness (QED) is 0.758. The van der Waals surface area contributed by atoms with Gasteiger partial charge in [0.15, 0.2) is 0 Å². The van der Waals surface area contributed by atoms with Crippen LogP contribution in [0, 0.1) is 0 Å². The predicted molar refractivity (Wildman–Crippen MR) is 68.5 cm³/mol. The van der Waals surface area contributed by atoms with E-state index in [1.54, 1.807) is 4.31 Å². The van der Waals surface area contributed by atoms with Gasteiger partial charge < -0.3 is 5.32 Å². The molecule has 6 heteroatoms. The maximum atomic E-state index is 12.4. The minimum atomic E-state index is -3.08. The summed E-state index contributed by atoms with van der Waals surface area (Å²) < 4.78 is 26.5. The first kappa shape index (κ1) is 13.3. The van der Waals surface area contributed by atoms with Crippen molar-refractivity contribution < 1.29 is 8.42 Å². The number of nitrogens with one attached hydrogen (secondary N) is 1. The molecular weight excluding hydrogens is 238 g/mol. The molecule has 2 atom stereocenters. The van der Waals surface area contributed by atoms with Gasteiger partial charge in [-0.05, 0) is 26.4 Å². The Morgan fingerprint density at radius 3 is 2.65 bits per heavy atom. The van der Waals surface area contributed by atoms with Crippen molar-refractivity contribution in [2.24, 2.45) is 0 Å². The molecule has 0 radical (unpaired) electrons. The van der Waals surface area contributed by atoms with Gasteiger partial charge in [-0.15, -0.1) is 0 Å². The minimum absolute atomic E-state index is 0.206. The fourth-order valence-electron chi connectivity index (χ4n) is 2.76. The second-order valence-electron chi connectivity index (χ2n) is 5.00. The SMILES string of the molecule is CCN1CCN(S(=O)(=O)C2CCNC2)CC1C. The third-order valence-corrected chi connectivity index (χ3v) is 6.23. The van der Waals surface area contributed by atoms with E-state index < -0.39 is 10.0 Å². The zero-order valence-corrected chi connectivity index (χ0v) is 11.5. The highest BCUT2D eigenvalue weighted by Crippen LogP contribution is 2.19. The minimum Gasteiger partial charge on any atom is -0.315 e. The summed E-state index contributed by atoms with van der Waals surface area (Å²) in [7, 11) is -3.08. The van der Waals surface area contributed by atoms with Crippen LogP contribution in [0.3, 0.4) is 0 Å². The monoisotopic (exact) mass is 261 g/mol. The van der Waals surface area contributed by atoms with Gasteiger partial charge in [0.05, 0.1) is 5.25 Å². The largest absolute Gasteiger partial charge is 0.315 e. The van der Waals surface area contributed by atoms with Gasteiger partial charge in [-0.3, -0.25) is 4.90 Å². The van der Waals surface area contributed by atoms with Crippen molar-refractivity contribution in [1.29, 1.82) is 0 Å². The standard InChI is InChI=1S/C11H23N3O2S/c1-3-13-6-7-14(9-10(13)2)17(15,16)11-4-5-12-8-11/h10-12H,3-9H2,1-2H3. The maximum absolute atomic E-state index is 12.4. The topological polar surface area (TPSA) is 52.7 Å². The number of rotatable bonds is 3. The molecule has 2 heterocycles. The van der Waals surface area contributed by atoms with Gasteiger partial charge in [-0.2, -0.15) is 4.31 Å². The first-order valence-electron chi connectivity index (χ1n) is 6.49. The Morgan fingerprint density at radius 2 is 2.12 bits per heavy atom. The molecule has 0 spiro atoms. The van der Waals surface area contributed by atoms with Crippen molar-refractivity contribution in [3.63, 3.8) is 0 Å². The molecule has 1 N–H and O–H groups in total. The second-order valence-corrected chi connectivity index (χ2v) is 7.21. The van der Waals surface area contributed by atoms with Gasteiger partial charge in [0.2, 0.25) is 10.0 Å². The first-order valence-corrected chi connectivity index (χ1v) is 7.99. The third-order valence-electron chi connectivity index (χ3n) is 3.93. The van der Waals surface area contributed by atoms with E-state index in [2.05, 4.69) is 24.1 Å². The molecule has 2 aliphatic rings. The van der Waals surface area contributed by atoms with Crippen LogP contribution in [0.1, 0.15) is 20.3 Å². The van der Waals surface area contributed by atoms with Gasteiger partial charge in [0.1, 0.15) is 0 Å². The molecule has 2 aliphatic heterocycles. The van der Waals surface area contributed by atoms with Crippen molar-refractivity contribution in [2.45, 2.75) is 31.6 Å². The molecule has 0 bridgehead atoms. The van der Waals surface area contributed by atoms with Crippen molar-refractivity contribution in [3.05, 3.63) is 0 Å². The van der Waals surface area contributed by atoms with E-state index in [4.69, 9.17) is 0 Å². The lowest BCUT2D eigenvalue weighted by Crippen LogP contribution is -2.55. The lowest BCUT2D eigenvalue weighted by molar-refractivity contribution is 0.135. The van der Waals surface area contributed by atoms with Crippen molar-refractivity contribution in [2.75, 3.05) is 39.3 Å². The van der Waals surface area contributed by atoms with Crippen LogP contribution in [0.2, 0.25) is 0 Å². The molecule has 5 nitrogen and oxygen atoms in total. The Hall–Kier alpha value is -0.170. The molecular formula is C11H23N3O2S. The van der Waals surface area contributed by atoms with Gasteiger partial charge >= 0.3 is 0 Å². The Labute approximate surface area is 104 Å². The lowest BCUT2D eigenvalue weighted by Gasteiger charge is -2.39. The number of piperazine rings is 1. The molecule has 17 heavy (non-hydrogen) atoms. The summed E-state index contributed by atoms with van der Waals surface area (Å²) in [5, 5.41) is 2.93. The number of hydrogen-bond donors (Lipinski definition) is 1. The van der Waals surface area contributed by atoms with Crippen LogP contribution in [0.25, 0.3) is 0 Å². The van der Waals surface area contributed by atoms with Gasteiger partial charge in [-0.25, -0.2) is 8.42 Å². The molecule has 0 amide bonds. The van der Waals surface area contributed by atoms with E-state index in [1.165, 1.54) is 0 Å². The highest BCUT2D eigenvalue weighted by molar-refractivity contribution is 7.89. The van der Waals surface area contributed by atoms with Gasteiger partial charge in [-0.1, -0.05) is 6.92 Å². The molecule has 2 unspecified atom stereocenters. The lowest BCUT2D eigenvalue weighted by atomic mass is 10.2. The van der Waals surface area contributed by atoms with Crippen LogP contribution in [0.5, 0.6) is 0 Å². The predicted octanol–water partition coefficient (Wildman–Crippen LogP) is -0.296. The van der Waals surface area contributed by atoms with Crippen LogP contribution in [0.4, 0.5) is 0 Å². The third kappa shape index (κ3) is 2.65. The van der Waals surface area contributed by atoms with Gasteiger partial charge in [0, 0.05) is 32.2 Å². The van der Waals surface area contributed by atoms with Crippen molar-refractivity contribution in [3.8, 4) is 0 Å². The fraction of sp³-hybridized carbons (Fsp3) is 1.00. The zero-order valence-electron chi connectivity index (χ0n) is 10.7. The van der Waals surface area contributed by atoms with Crippen LogP contribution >= 0.6 is 0 Å². The molecule has 0 aliphatic carbocycles. The van der Waals surface area contributed by atoms with Crippen LogP contribution in [-0.2, 0) is 10.0 Å². The number of hydrogen-bond acceptors (Lipinski definition) is 4. The number of likely N-dealkylation sites (N-methyl/N-ethyl adjacent to an activating group) is 1. The summed E-state index contributed by atoms with van der Waals surface area (Å²) in [6, 6.07) is 0.331. The Morgan fingerprint density at radius 1 is 1.35 bits per heavy atom. The molecule has 2 saturated heterocycles. The fourth-order valence-corrected chi connectivity index (χ4v) is 4.68. The van der Waals surface area contributed by atoms with E-state index in [0.29, 0.717) is 25.7 Å². The highest BCUT2D eigenvalue weighted by atomic mass is 32.2. The molecule has 0 saturated carbocycles. The smallest absolute Gasteiger partial charge is 0.218 e. The van der Waals surface area contributed by atoms with Crippen LogP contribution in [-0.4, -0.2) is 68.2 Å². The van der Waals surface area contributed by atoms with Crippen molar-refractivity contribution >= 4 is 10.0 Å². The molecule has 0 aromatic carbocycles. The molecule has 100 valence electrons. The van der Waals surface area contributed by atoms with E-state index in [-0.39, 0.29) is 5.25 Å². The van der Waals surface area contributed by atoms with E-state index in [1.807, 2.05) is 0 Å². The van der Waals surface area contributed by atoms with E-state index in [9.17, 15) is 8.42 Å². The average Bonchev–Trinajstić information content (AvgIpc) is 2.83. The summed E-state index contributed by atoms with van der Waals surface area (Å²) in [4.78, 5) is 2.33. The van der Waals surface area contributed by atoms with Crippen LogP contribution in [0.15, 0.2) is 0 Å². The second kappa shape index (κ2) is 5.22. The summed E-state index contributed by atoms with van der Waals surface area (Å²) in [5.74, 6) is 0. The molecule has 2 rings (SSSR count). The summed E-state index contributed by atoms with van der Waals surface area (Å²) in [6.07, 6.45) is 0.755. The van der Waals surface area contributed by atoms with E-state index >= 15 is 0 Å². The Balaban J connectivity index is 2.03. The average molecular weight is 261 g/mol. The summed E-state index contributed by atoms with van der Waals surface area (Å²) in [6.45, 7) is 8.83. The first-order chi connectivity index (χ1) is 8.05. The Kier molecular flexibility index (Phi) is 4.07. The summed E-state index contributed by atoms with van der Waals surface area (Å²) in [5.41, 5.74) is 0. The normalized spacial score (nSPS) is 33.1. The number of sulfonamides is 1.